The van der Waals surface area contributed by atoms with E-state index in [0.717, 1.165) is 45.0 Å². The summed E-state index contributed by atoms with van der Waals surface area (Å²) in [6.45, 7) is 6.86. The van der Waals surface area contributed by atoms with Gasteiger partial charge in [-0.1, -0.05) is 13.0 Å². The van der Waals surface area contributed by atoms with Gasteiger partial charge < -0.3 is 15.8 Å². The lowest BCUT2D eigenvalue weighted by atomic mass is 9.88. The van der Waals surface area contributed by atoms with Crippen molar-refractivity contribution in [3.8, 4) is 0 Å². The van der Waals surface area contributed by atoms with Crippen molar-refractivity contribution in [2.24, 2.45) is 11.1 Å². The first kappa shape index (κ1) is 14.4. The molecule has 0 aromatic heterocycles. The van der Waals surface area contributed by atoms with E-state index < -0.39 is 0 Å². The minimum atomic E-state index is -0.259. The maximum atomic E-state index is 11.1. The van der Waals surface area contributed by atoms with Crippen LogP contribution >= 0.6 is 0 Å². The molecule has 21 heavy (non-hydrogen) atoms. The standard InChI is InChI=1S/C16H23N3O2/c1-16(10-21-11-16)9-18-14-3-2-12-4-5-19(8-15(17)20)7-13(12)6-14/h2-3,6,18H,4-5,7-11H2,1H3,(H2,17,20). The van der Waals surface area contributed by atoms with Gasteiger partial charge in [0.25, 0.3) is 0 Å². The molecule has 2 heterocycles. The molecule has 1 aromatic rings. The average Bonchev–Trinajstić information content (AvgIpc) is 2.42. The molecule has 5 heteroatoms. The Kier molecular flexibility index (Phi) is 3.87. The molecule has 114 valence electrons. The van der Waals surface area contributed by atoms with Crippen LogP contribution in [0.25, 0.3) is 0 Å². The maximum Gasteiger partial charge on any atom is 0.231 e. The summed E-state index contributed by atoms with van der Waals surface area (Å²) >= 11 is 0. The molecule has 3 rings (SSSR count). The van der Waals surface area contributed by atoms with E-state index in [2.05, 4.69) is 35.3 Å². The van der Waals surface area contributed by atoms with E-state index in [0.29, 0.717) is 6.54 Å². The highest BCUT2D eigenvalue weighted by Crippen LogP contribution is 2.28. The molecule has 1 saturated heterocycles. The fraction of sp³-hybridized carbons (Fsp3) is 0.562. The molecular formula is C16H23N3O2. The molecule has 0 aliphatic carbocycles. The fourth-order valence-corrected chi connectivity index (χ4v) is 2.95. The van der Waals surface area contributed by atoms with Gasteiger partial charge >= 0.3 is 0 Å². The van der Waals surface area contributed by atoms with E-state index in [4.69, 9.17) is 10.5 Å². The highest BCUT2D eigenvalue weighted by molar-refractivity contribution is 5.76. The molecule has 0 radical (unpaired) electrons. The van der Waals surface area contributed by atoms with Gasteiger partial charge in [-0.3, -0.25) is 9.69 Å². The summed E-state index contributed by atoms with van der Waals surface area (Å²) in [6, 6.07) is 6.54. The first-order chi connectivity index (χ1) is 10.0. The number of hydrogen-bond donors (Lipinski definition) is 2. The fourth-order valence-electron chi connectivity index (χ4n) is 2.95. The van der Waals surface area contributed by atoms with Crippen LogP contribution in [0.3, 0.4) is 0 Å². The summed E-state index contributed by atoms with van der Waals surface area (Å²) in [5.41, 5.74) is 9.35. The number of nitrogens with one attached hydrogen (secondary N) is 1. The molecule has 5 nitrogen and oxygen atoms in total. The number of benzene rings is 1. The number of carbonyl (C=O) groups excluding carboxylic acids is 1. The average molecular weight is 289 g/mol. The Morgan fingerprint density at radius 3 is 2.90 bits per heavy atom. The van der Waals surface area contributed by atoms with Crippen LogP contribution in [0.15, 0.2) is 18.2 Å². The summed E-state index contributed by atoms with van der Waals surface area (Å²) in [7, 11) is 0. The normalized spacial score (nSPS) is 20.4. The monoisotopic (exact) mass is 289 g/mol. The lowest BCUT2D eigenvalue weighted by Gasteiger charge is -2.38. The number of rotatable bonds is 5. The first-order valence-corrected chi connectivity index (χ1v) is 7.48. The largest absolute Gasteiger partial charge is 0.384 e. The van der Waals surface area contributed by atoms with Crippen molar-refractivity contribution >= 4 is 11.6 Å². The number of ether oxygens (including phenoxy) is 1. The molecule has 3 N–H and O–H groups in total. The van der Waals surface area contributed by atoms with Crippen LogP contribution in [0.1, 0.15) is 18.1 Å². The smallest absolute Gasteiger partial charge is 0.231 e. The predicted molar refractivity (Wildman–Crippen MR) is 82.0 cm³/mol. The zero-order valence-corrected chi connectivity index (χ0v) is 12.5. The van der Waals surface area contributed by atoms with Crippen molar-refractivity contribution < 1.29 is 9.53 Å². The molecule has 2 aliphatic rings. The summed E-state index contributed by atoms with van der Waals surface area (Å²) < 4.78 is 5.28. The SMILES string of the molecule is CC1(CNc2ccc3c(c2)CN(CC(N)=O)CC3)COC1. The van der Waals surface area contributed by atoms with Crippen LogP contribution in [-0.2, 0) is 22.5 Å². The Labute approximate surface area is 125 Å². The van der Waals surface area contributed by atoms with Gasteiger partial charge in [0, 0.05) is 30.7 Å². The molecule has 0 spiro atoms. The Balaban J connectivity index is 1.64. The lowest BCUT2D eigenvalue weighted by molar-refractivity contribution is -0.119. The second-order valence-electron chi connectivity index (χ2n) is 6.57. The minimum absolute atomic E-state index is 0.258. The van der Waals surface area contributed by atoms with Crippen LogP contribution in [0.4, 0.5) is 5.69 Å². The number of primary amides is 1. The van der Waals surface area contributed by atoms with Gasteiger partial charge in [-0.05, 0) is 29.7 Å². The van der Waals surface area contributed by atoms with Crippen molar-refractivity contribution in [2.45, 2.75) is 19.9 Å². The van der Waals surface area contributed by atoms with Gasteiger partial charge in [0.05, 0.1) is 19.8 Å². The topological polar surface area (TPSA) is 67.6 Å². The van der Waals surface area contributed by atoms with Gasteiger partial charge in [-0.25, -0.2) is 0 Å². The maximum absolute atomic E-state index is 11.1. The van der Waals surface area contributed by atoms with Crippen molar-refractivity contribution in [1.82, 2.24) is 4.90 Å². The number of hydrogen-bond acceptors (Lipinski definition) is 4. The van der Waals surface area contributed by atoms with E-state index >= 15 is 0 Å². The Morgan fingerprint density at radius 1 is 1.43 bits per heavy atom. The third-order valence-corrected chi connectivity index (χ3v) is 4.30. The molecule has 1 aromatic carbocycles. The van der Waals surface area contributed by atoms with Gasteiger partial charge in [0.15, 0.2) is 0 Å². The third kappa shape index (κ3) is 3.36. The van der Waals surface area contributed by atoms with E-state index in [9.17, 15) is 4.79 Å². The quantitative estimate of drug-likeness (QED) is 0.848. The minimum Gasteiger partial charge on any atom is -0.384 e. The third-order valence-electron chi connectivity index (χ3n) is 4.30. The van der Waals surface area contributed by atoms with Crippen LogP contribution in [0.5, 0.6) is 0 Å². The van der Waals surface area contributed by atoms with Gasteiger partial charge in [0.1, 0.15) is 0 Å². The van der Waals surface area contributed by atoms with E-state index in [-0.39, 0.29) is 11.3 Å². The van der Waals surface area contributed by atoms with Crippen molar-refractivity contribution in [3.63, 3.8) is 0 Å². The second-order valence-corrected chi connectivity index (χ2v) is 6.57. The van der Waals surface area contributed by atoms with Crippen molar-refractivity contribution in [3.05, 3.63) is 29.3 Å². The first-order valence-electron chi connectivity index (χ1n) is 7.48. The van der Waals surface area contributed by atoms with Crippen LogP contribution in [0, 0.1) is 5.41 Å². The predicted octanol–water partition coefficient (Wildman–Crippen LogP) is 0.978. The summed E-state index contributed by atoms with van der Waals surface area (Å²) in [4.78, 5) is 13.2. The van der Waals surface area contributed by atoms with E-state index in [1.807, 2.05) is 0 Å². The summed E-state index contributed by atoms with van der Waals surface area (Å²) in [5.74, 6) is -0.259. The number of anilines is 1. The molecule has 0 unspecified atom stereocenters. The Morgan fingerprint density at radius 2 is 2.24 bits per heavy atom. The number of nitrogens with zero attached hydrogens (tertiary/aromatic N) is 1. The number of carbonyl (C=O) groups is 1. The van der Waals surface area contributed by atoms with Gasteiger partial charge in [0.2, 0.25) is 5.91 Å². The molecule has 1 fully saturated rings. The summed E-state index contributed by atoms with van der Waals surface area (Å²) in [5, 5.41) is 3.50. The molecule has 0 bridgehead atoms. The van der Waals surface area contributed by atoms with Gasteiger partial charge in [-0.2, -0.15) is 0 Å². The van der Waals surface area contributed by atoms with Crippen molar-refractivity contribution in [2.75, 3.05) is 38.2 Å². The number of amides is 1. The van der Waals surface area contributed by atoms with Crippen molar-refractivity contribution in [1.29, 1.82) is 0 Å². The Bertz CT molecular complexity index is 540. The summed E-state index contributed by atoms with van der Waals surface area (Å²) in [6.07, 6.45) is 0.981. The molecule has 1 amide bonds. The Hall–Kier alpha value is -1.59. The van der Waals surface area contributed by atoms with Gasteiger partial charge in [-0.15, -0.1) is 0 Å². The highest BCUT2D eigenvalue weighted by atomic mass is 16.5. The zero-order chi connectivity index (χ0) is 14.9. The van der Waals surface area contributed by atoms with Crippen LogP contribution in [0.2, 0.25) is 0 Å². The molecule has 0 saturated carbocycles. The molecule has 2 aliphatic heterocycles. The molecule has 0 atom stereocenters. The number of fused-ring (bicyclic) bond motifs is 1. The van der Waals surface area contributed by atoms with E-state index in [1.54, 1.807) is 0 Å². The lowest BCUT2D eigenvalue weighted by Crippen LogP contribution is -2.45. The van der Waals surface area contributed by atoms with Crippen LogP contribution < -0.4 is 11.1 Å². The highest BCUT2D eigenvalue weighted by Gasteiger charge is 2.33. The second kappa shape index (κ2) is 5.66. The number of nitrogens with two attached hydrogens (primary N) is 1. The van der Waals surface area contributed by atoms with E-state index in [1.165, 1.54) is 11.1 Å². The molecular weight excluding hydrogens is 266 g/mol. The van der Waals surface area contributed by atoms with Crippen LogP contribution in [-0.4, -0.2) is 43.7 Å². The zero-order valence-electron chi connectivity index (χ0n) is 12.5.